The van der Waals surface area contributed by atoms with Crippen molar-refractivity contribution in [1.29, 1.82) is 5.26 Å². The van der Waals surface area contributed by atoms with Crippen molar-refractivity contribution in [2.45, 2.75) is 4.90 Å². The summed E-state index contributed by atoms with van der Waals surface area (Å²) in [6.45, 7) is 0.00716. The van der Waals surface area contributed by atoms with Gasteiger partial charge >= 0.3 is 0 Å². The maximum absolute atomic E-state index is 13.2. The third-order valence-electron chi connectivity index (χ3n) is 4.38. The molecule has 2 aromatic rings. The highest BCUT2D eigenvalue weighted by atomic mass is 32.2. The number of amides is 1. The number of carbonyl (C=O) groups excluding carboxylic acids is 2. The number of halogens is 1. The van der Waals surface area contributed by atoms with E-state index >= 15 is 0 Å². The number of fused-ring (bicyclic) bond motifs is 1. The summed E-state index contributed by atoms with van der Waals surface area (Å²) in [6, 6.07) is 15.3. The third kappa shape index (κ3) is 4.83. The molecule has 2 aromatic carbocycles. The number of Topliss-reactive ketones (excluding diaryl/α,β-unsaturated/α-hetero) is 1. The van der Waals surface area contributed by atoms with Crippen LogP contribution in [0.1, 0.15) is 0 Å². The number of likely N-dealkylation sites (N-methyl/N-ethyl adjacent to an activating group) is 1. The standard InChI is InChI=1S/C21H19FN4O2S/c1-25(13-20(28)24-15-7-5-6-14(22)10-15)12-18(27)16(11-23)21-26(2)17-8-3-4-9-19(17)29-21/h3-10H,12-13H2,1-2H3,(H,24,28)/p+1/b21-16-. The monoisotopic (exact) mass is 411 g/mol. The van der Waals surface area contributed by atoms with Crippen LogP contribution in [0.2, 0.25) is 0 Å². The number of nitrogens with zero attached hydrogens (tertiary/aromatic N) is 2. The molecule has 1 heterocycles. The molecule has 8 heteroatoms. The first-order valence-corrected chi connectivity index (χ1v) is 9.75. The molecular formula is C21H20FN4O2S+. The van der Waals surface area contributed by atoms with E-state index < -0.39 is 5.82 Å². The van der Waals surface area contributed by atoms with E-state index in [1.807, 2.05) is 42.3 Å². The summed E-state index contributed by atoms with van der Waals surface area (Å²) in [6.07, 6.45) is 0. The Hall–Kier alpha value is -3.15. The van der Waals surface area contributed by atoms with Crippen molar-refractivity contribution in [2.24, 2.45) is 0 Å². The number of hydrogen-bond acceptors (Lipinski definition) is 5. The van der Waals surface area contributed by atoms with Crippen LogP contribution >= 0.6 is 11.8 Å². The van der Waals surface area contributed by atoms with Crippen LogP contribution in [0, 0.1) is 17.1 Å². The number of nitrogens with one attached hydrogen (secondary N) is 2. The molecule has 0 spiro atoms. The largest absolute Gasteiger partial charge is 0.337 e. The maximum Gasteiger partial charge on any atom is 0.279 e. The van der Waals surface area contributed by atoms with Crippen molar-refractivity contribution >= 4 is 34.8 Å². The molecule has 1 atom stereocenters. The Labute approximate surface area is 172 Å². The first kappa shape index (κ1) is 20.6. The number of anilines is 2. The minimum atomic E-state index is -0.442. The molecular weight excluding hydrogens is 391 g/mol. The second-order valence-corrected chi connectivity index (χ2v) is 7.74. The van der Waals surface area contributed by atoms with Crippen molar-refractivity contribution < 1.29 is 18.9 Å². The molecule has 1 aliphatic rings. The number of thioether (sulfide) groups is 1. The molecule has 29 heavy (non-hydrogen) atoms. The van der Waals surface area contributed by atoms with Gasteiger partial charge in [0.15, 0.2) is 6.54 Å². The van der Waals surface area contributed by atoms with E-state index in [1.54, 1.807) is 13.1 Å². The molecule has 6 nitrogen and oxygen atoms in total. The first-order chi connectivity index (χ1) is 13.9. The van der Waals surface area contributed by atoms with E-state index in [1.165, 1.54) is 30.0 Å². The normalized spacial score (nSPS) is 15.3. The molecule has 0 fully saturated rings. The van der Waals surface area contributed by atoms with Gasteiger partial charge in [-0.1, -0.05) is 30.0 Å². The SMILES string of the molecule is CN1/C(=C(\C#N)C(=O)C[NH+](C)CC(=O)Nc2cccc(F)c2)Sc2ccccc21. The van der Waals surface area contributed by atoms with E-state index in [-0.39, 0.29) is 30.4 Å². The zero-order valence-electron chi connectivity index (χ0n) is 16.0. The summed E-state index contributed by atoms with van der Waals surface area (Å²) < 4.78 is 13.2. The Morgan fingerprint density at radius 3 is 2.66 bits per heavy atom. The van der Waals surface area contributed by atoms with Crippen LogP contribution in [0.15, 0.2) is 64.0 Å². The fourth-order valence-electron chi connectivity index (χ4n) is 3.02. The molecule has 0 aromatic heterocycles. The van der Waals surface area contributed by atoms with Gasteiger partial charge in [0.2, 0.25) is 5.78 Å². The van der Waals surface area contributed by atoms with Gasteiger partial charge < -0.3 is 15.1 Å². The van der Waals surface area contributed by atoms with Crippen LogP contribution in [0.25, 0.3) is 0 Å². The predicted octanol–water partition coefficient (Wildman–Crippen LogP) is 1.83. The number of ketones is 1. The molecule has 148 valence electrons. The van der Waals surface area contributed by atoms with Gasteiger partial charge in [0.05, 0.1) is 12.7 Å². The topological polar surface area (TPSA) is 77.6 Å². The molecule has 0 bridgehead atoms. The average Bonchev–Trinajstić information content (AvgIpc) is 2.99. The van der Waals surface area contributed by atoms with Crippen molar-refractivity contribution in [1.82, 2.24) is 0 Å². The number of quaternary nitrogens is 1. The number of benzene rings is 2. The second kappa shape index (κ2) is 8.90. The van der Waals surface area contributed by atoms with Gasteiger partial charge in [-0.25, -0.2) is 4.39 Å². The van der Waals surface area contributed by atoms with Gasteiger partial charge in [-0.15, -0.1) is 0 Å². The Morgan fingerprint density at radius 2 is 1.97 bits per heavy atom. The Balaban J connectivity index is 1.64. The van der Waals surface area contributed by atoms with Crippen LogP contribution in [0.3, 0.4) is 0 Å². The van der Waals surface area contributed by atoms with Gasteiger partial charge in [-0.2, -0.15) is 5.26 Å². The summed E-state index contributed by atoms with van der Waals surface area (Å²) >= 11 is 1.39. The van der Waals surface area contributed by atoms with Crippen molar-refractivity contribution in [3.63, 3.8) is 0 Å². The molecule has 0 radical (unpaired) electrons. The van der Waals surface area contributed by atoms with Gasteiger partial charge in [0.1, 0.15) is 29.0 Å². The highest BCUT2D eigenvalue weighted by molar-refractivity contribution is 8.03. The Morgan fingerprint density at radius 1 is 1.21 bits per heavy atom. The first-order valence-electron chi connectivity index (χ1n) is 8.94. The van der Waals surface area contributed by atoms with Crippen LogP contribution in [0.5, 0.6) is 0 Å². The molecule has 0 aliphatic carbocycles. The minimum absolute atomic E-state index is 0.00624. The van der Waals surface area contributed by atoms with Gasteiger partial charge in [-0.05, 0) is 30.3 Å². The minimum Gasteiger partial charge on any atom is -0.337 e. The fourth-order valence-corrected chi connectivity index (χ4v) is 4.18. The Bertz CT molecular complexity index is 1030. The van der Waals surface area contributed by atoms with E-state index in [2.05, 4.69) is 5.32 Å². The average molecular weight is 411 g/mol. The molecule has 1 aliphatic heterocycles. The predicted molar refractivity (Wildman–Crippen MR) is 110 cm³/mol. The van der Waals surface area contributed by atoms with Gasteiger partial charge in [-0.3, -0.25) is 9.59 Å². The van der Waals surface area contributed by atoms with Crippen LogP contribution in [-0.4, -0.2) is 38.9 Å². The molecule has 3 rings (SSSR count). The molecule has 0 saturated heterocycles. The highest BCUT2D eigenvalue weighted by Crippen LogP contribution is 2.45. The fraction of sp³-hybridized carbons (Fsp3) is 0.190. The van der Waals surface area contributed by atoms with Crippen molar-refractivity contribution in [3.8, 4) is 6.07 Å². The number of nitriles is 1. The smallest absolute Gasteiger partial charge is 0.279 e. The van der Waals surface area contributed by atoms with E-state index in [4.69, 9.17) is 0 Å². The van der Waals surface area contributed by atoms with Crippen LogP contribution in [0.4, 0.5) is 15.8 Å². The Kier molecular flexibility index (Phi) is 6.32. The van der Waals surface area contributed by atoms with E-state index in [0.29, 0.717) is 15.6 Å². The van der Waals surface area contributed by atoms with Gasteiger partial charge in [0.25, 0.3) is 5.91 Å². The molecule has 1 amide bonds. The quantitative estimate of drug-likeness (QED) is 0.560. The van der Waals surface area contributed by atoms with Gasteiger partial charge in [0, 0.05) is 17.6 Å². The lowest BCUT2D eigenvalue weighted by molar-refractivity contribution is -0.862. The van der Waals surface area contributed by atoms with Crippen molar-refractivity contribution in [2.75, 3.05) is 37.4 Å². The number of rotatable bonds is 6. The van der Waals surface area contributed by atoms with E-state index in [0.717, 1.165) is 10.6 Å². The molecule has 1 unspecified atom stereocenters. The molecule has 2 N–H and O–H groups in total. The lowest BCUT2D eigenvalue weighted by Gasteiger charge is -2.16. The van der Waals surface area contributed by atoms with E-state index in [9.17, 15) is 19.2 Å². The summed E-state index contributed by atoms with van der Waals surface area (Å²) in [4.78, 5) is 28.3. The summed E-state index contributed by atoms with van der Waals surface area (Å²) in [5.74, 6) is -1.11. The lowest BCUT2D eigenvalue weighted by atomic mass is 10.2. The van der Waals surface area contributed by atoms with Crippen molar-refractivity contribution in [3.05, 3.63) is 65.0 Å². The maximum atomic E-state index is 13.2. The summed E-state index contributed by atoms with van der Waals surface area (Å²) in [5.41, 5.74) is 1.39. The zero-order valence-corrected chi connectivity index (χ0v) is 16.8. The summed E-state index contributed by atoms with van der Waals surface area (Å²) in [7, 11) is 3.52. The number of hydrogen-bond donors (Lipinski definition) is 2. The summed E-state index contributed by atoms with van der Waals surface area (Å²) in [5, 5.41) is 12.8. The number of para-hydroxylation sites is 1. The van der Waals surface area contributed by atoms with Crippen LogP contribution in [-0.2, 0) is 9.59 Å². The second-order valence-electron chi connectivity index (χ2n) is 6.71. The van der Waals surface area contributed by atoms with Crippen LogP contribution < -0.4 is 15.1 Å². The zero-order chi connectivity index (χ0) is 21.0. The third-order valence-corrected chi connectivity index (χ3v) is 5.61. The molecule has 0 saturated carbocycles. The lowest BCUT2D eigenvalue weighted by Crippen LogP contribution is -3.11. The number of carbonyl (C=O) groups is 2. The highest BCUT2D eigenvalue weighted by Gasteiger charge is 2.29.